The zero-order valence-corrected chi connectivity index (χ0v) is 20.2. The van der Waals surface area contributed by atoms with E-state index in [9.17, 15) is 26.4 Å². The lowest BCUT2D eigenvalue weighted by Gasteiger charge is -2.25. The number of carbonyl (C=O) groups excluding carboxylic acids is 1. The van der Waals surface area contributed by atoms with Gasteiger partial charge in [0, 0.05) is 6.20 Å². The Hall–Kier alpha value is -2.53. The number of esters is 1. The van der Waals surface area contributed by atoms with Crippen LogP contribution in [-0.2, 0) is 27.5 Å². The van der Waals surface area contributed by atoms with Gasteiger partial charge in [-0.2, -0.15) is 13.2 Å². The van der Waals surface area contributed by atoms with Crippen molar-refractivity contribution in [3.8, 4) is 0 Å². The summed E-state index contributed by atoms with van der Waals surface area (Å²) in [6, 6.07) is 9.71. The topological polar surface area (TPSA) is 76.6 Å². The molecule has 0 aliphatic heterocycles. The highest BCUT2D eigenvalue weighted by Gasteiger charge is 2.34. The lowest BCUT2D eigenvalue weighted by Crippen LogP contribution is -2.32. The van der Waals surface area contributed by atoms with Gasteiger partial charge in [0.05, 0.1) is 44.7 Å². The van der Waals surface area contributed by atoms with Crippen molar-refractivity contribution in [3.05, 3.63) is 86.5 Å². The number of alkyl halides is 3. The van der Waals surface area contributed by atoms with Gasteiger partial charge in [-0.15, -0.1) is 0 Å². The Balaban J connectivity index is 2.12. The number of hydrogen-bond acceptors (Lipinski definition) is 5. The van der Waals surface area contributed by atoms with Gasteiger partial charge < -0.3 is 4.74 Å². The first kappa shape index (κ1) is 26.1. The van der Waals surface area contributed by atoms with Crippen LogP contribution in [0.15, 0.2) is 59.6 Å². The number of pyridine rings is 1. The van der Waals surface area contributed by atoms with E-state index < -0.39 is 38.6 Å². The summed E-state index contributed by atoms with van der Waals surface area (Å²) in [5, 5.41) is -0.168. The minimum Gasteiger partial charge on any atom is -0.465 e. The van der Waals surface area contributed by atoms with Crippen LogP contribution in [0.2, 0.25) is 15.1 Å². The Morgan fingerprint density at radius 2 is 1.65 bits per heavy atom. The highest BCUT2D eigenvalue weighted by atomic mass is 35.5. The molecule has 3 aromatic rings. The van der Waals surface area contributed by atoms with E-state index in [0.717, 1.165) is 16.4 Å². The fourth-order valence-electron chi connectivity index (χ4n) is 2.85. The molecular formula is C21H14Cl3F3N2O4S. The number of rotatable bonds is 6. The summed E-state index contributed by atoms with van der Waals surface area (Å²) in [5.41, 5.74) is -0.680. The van der Waals surface area contributed by atoms with Crippen molar-refractivity contribution in [2.75, 3.05) is 11.4 Å². The Morgan fingerprint density at radius 3 is 2.18 bits per heavy atom. The average molecular weight is 554 g/mol. The normalized spacial score (nSPS) is 11.9. The lowest BCUT2D eigenvalue weighted by molar-refractivity contribution is -0.137. The first-order chi connectivity index (χ1) is 15.8. The van der Waals surface area contributed by atoms with E-state index in [0.29, 0.717) is 17.8 Å². The summed E-state index contributed by atoms with van der Waals surface area (Å²) >= 11 is 18.0. The van der Waals surface area contributed by atoms with Gasteiger partial charge in [-0.1, -0.05) is 40.9 Å². The third kappa shape index (κ3) is 5.57. The maximum Gasteiger partial charge on any atom is 0.417 e. The molecule has 0 atom stereocenters. The second kappa shape index (κ2) is 9.99. The molecule has 1 heterocycles. The Kier molecular flexibility index (Phi) is 7.66. The molecule has 2 aromatic carbocycles. The molecule has 0 amide bonds. The molecule has 0 aliphatic carbocycles. The summed E-state index contributed by atoms with van der Waals surface area (Å²) in [6.45, 7) is -0.379. The molecule has 0 fully saturated rings. The number of anilines is 1. The maximum atomic E-state index is 13.5. The Labute approximate surface area is 207 Å². The van der Waals surface area contributed by atoms with E-state index in [1.54, 1.807) is 0 Å². The van der Waals surface area contributed by atoms with Gasteiger partial charge in [0.1, 0.15) is 0 Å². The van der Waals surface area contributed by atoms with Crippen molar-refractivity contribution in [1.29, 1.82) is 0 Å². The number of aromatic nitrogens is 1. The molecule has 0 saturated carbocycles. The molecule has 180 valence electrons. The van der Waals surface area contributed by atoms with Crippen molar-refractivity contribution in [2.45, 2.75) is 17.6 Å². The Morgan fingerprint density at radius 1 is 1.00 bits per heavy atom. The smallest absolute Gasteiger partial charge is 0.417 e. The number of ether oxygens (including phenoxy) is 1. The molecule has 0 saturated heterocycles. The van der Waals surface area contributed by atoms with Crippen LogP contribution in [0.4, 0.5) is 19.0 Å². The third-order valence-corrected chi connectivity index (χ3v) is 7.33. The molecule has 3 rings (SSSR count). The monoisotopic (exact) mass is 552 g/mol. The van der Waals surface area contributed by atoms with Crippen LogP contribution in [-0.4, -0.2) is 26.5 Å². The number of benzene rings is 2. The molecule has 0 unspecified atom stereocenters. The summed E-state index contributed by atoms with van der Waals surface area (Å²) < 4.78 is 71.5. The van der Waals surface area contributed by atoms with E-state index in [1.807, 2.05) is 0 Å². The largest absolute Gasteiger partial charge is 0.465 e. The van der Waals surface area contributed by atoms with Crippen LogP contribution in [0.3, 0.4) is 0 Å². The third-order valence-electron chi connectivity index (χ3n) is 4.56. The fourth-order valence-corrected chi connectivity index (χ4v) is 4.92. The molecule has 0 spiro atoms. The molecule has 1 aromatic heterocycles. The molecule has 0 bridgehead atoms. The average Bonchev–Trinajstić information content (AvgIpc) is 2.79. The highest BCUT2D eigenvalue weighted by molar-refractivity contribution is 7.92. The summed E-state index contributed by atoms with van der Waals surface area (Å²) in [6.07, 6.45) is -4.24. The van der Waals surface area contributed by atoms with Gasteiger partial charge in [-0.3, -0.25) is 0 Å². The van der Waals surface area contributed by atoms with Crippen molar-refractivity contribution < 1.29 is 31.1 Å². The number of sulfonamides is 1. The van der Waals surface area contributed by atoms with E-state index >= 15 is 0 Å². The van der Waals surface area contributed by atoms with Crippen LogP contribution in [0.5, 0.6) is 0 Å². The number of nitrogens with zero attached hydrogens (tertiary/aromatic N) is 2. The van der Waals surface area contributed by atoms with Crippen molar-refractivity contribution in [3.63, 3.8) is 0 Å². The number of carbonyl (C=O) groups is 1. The maximum absolute atomic E-state index is 13.5. The second-order valence-electron chi connectivity index (χ2n) is 6.80. The highest BCUT2D eigenvalue weighted by Crippen LogP contribution is 2.36. The van der Waals surface area contributed by atoms with Crippen LogP contribution < -0.4 is 4.31 Å². The minimum atomic E-state index is -4.73. The zero-order valence-electron chi connectivity index (χ0n) is 17.1. The van der Waals surface area contributed by atoms with E-state index in [-0.39, 0.29) is 27.0 Å². The Bertz CT molecular complexity index is 1330. The summed E-state index contributed by atoms with van der Waals surface area (Å²) in [4.78, 5) is 15.1. The molecule has 0 radical (unpaired) electrons. The predicted molar refractivity (Wildman–Crippen MR) is 122 cm³/mol. The predicted octanol–water partition coefficient (Wildman–Crippen LogP) is 6.24. The molecule has 0 N–H and O–H groups in total. The number of methoxy groups -OCH3 is 1. The van der Waals surface area contributed by atoms with Crippen LogP contribution in [0.25, 0.3) is 0 Å². The van der Waals surface area contributed by atoms with E-state index in [2.05, 4.69) is 9.72 Å². The summed E-state index contributed by atoms with van der Waals surface area (Å²) in [5.74, 6) is -1.11. The second-order valence-corrected chi connectivity index (χ2v) is 9.89. The quantitative estimate of drug-likeness (QED) is 0.338. The van der Waals surface area contributed by atoms with Crippen LogP contribution in [0, 0.1) is 0 Å². The molecule has 34 heavy (non-hydrogen) atoms. The number of halogens is 6. The van der Waals surface area contributed by atoms with Gasteiger partial charge in [-0.25, -0.2) is 22.5 Å². The zero-order chi connectivity index (χ0) is 25.3. The van der Waals surface area contributed by atoms with Crippen molar-refractivity contribution in [2.24, 2.45) is 0 Å². The van der Waals surface area contributed by atoms with E-state index in [4.69, 9.17) is 34.8 Å². The molecule has 6 nitrogen and oxygen atoms in total. The van der Waals surface area contributed by atoms with Crippen LogP contribution >= 0.6 is 34.8 Å². The minimum absolute atomic E-state index is 0.100. The van der Waals surface area contributed by atoms with Gasteiger partial charge in [0.25, 0.3) is 10.0 Å². The first-order valence-electron chi connectivity index (χ1n) is 9.22. The molecule has 13 heteroatoms. The standard InChI is InChI=1S/C21H14Cl3F3N2O4S/c1-33-20(30)13-3-5-15(6-4-13)34(31,32)29(11-12-2-7-16(22)17(23)8-12)19-18(24)9-14(10-28-19)21(25,26)27/h2-10H,11H2,1H3. The van der Waals surface area contributed by atoms with Gasteiger partial charge >= 0.3 is 12.1 Å². The van der Waals surface area contributed by atoms with Gasteiger partial charge in [0.2, 0.25) is 0 Å². The van der Waals surface area contributed by atoms with Gasteiger partial charge in [-0.05, 0) is 48.0 Å². The number of hydrogen-bond donors (Lipinski definition) is 0. The summed E-state index contributed by atoms with van der Waals surface area (Å²) in [7, 11) is -3.25. The molecule has 0 aliphatic rings. The fraction of sp³-hybridized carbons (Fsp3) is 0.143. The van der Waals surface area contributed by atoms with Crippen LogP contribution in [0.1, 0.15) is 21.5 Å². The lowest BCUT2D eigenvalue weighted by atomic mass is 10.2. The SMILES string of the molecule is COC(=O)c1ccc(S(=O)(=O)N(Cc2ccc(Cl)c(Cl)c2)c2ncc(C(F)(F)F)cc2Cl)cc1. The van der Waals surface area contributed by atoms with Crippen molar-refractivity contribution in [1.82, 2.24) is 4.98 Å². The van der Waals surface area contributed by atoms with Crippen molar-refractivity contribution >= 4 is 56.6 Å². The van der Waals surface area contributed by atoms with E-state index in [1.165, 1.54) is 37.4 Å². The first-order valence-corrected chi connectivity index (χ1v) is 11.8. The molecular weight excluding hydrogens is 540 g/mol. The van der Waals surface area contributed by atoms with Gasteiger partial charge in [0.15, 0.2) is 5.82 Å².